The minimum atomic E-state index is -0.931. The fourth-order valence-corrected chi connectivity index (χ4v) is 1.66. The summed E-state index contributed by atoms with van der Waals surface area (Å²) in [6.45, 7) is 5.78. The van der Waals surface area contributed by atoms with Gasteiger partial charge in [0.1, 0.15) is 12.6 Å². The van der Waals surface area contributed by atoms with Crippen LogP contribution in [-0.4, -0.2) is 36.9 Å². The summed E-state index contributed by atoms with van der Waals surface area (Å²) < 4.78 is 10.7. The van der Waals surface area contributed by atoms with Crippen LogP contribution in [0.3, 0.4) is 0 Å². The lowest BCUT2D eigenvalue weighted by atomic mass is 10.2. The second kappa shape index (κ2) is 6.99. The fourth-order valence-electron chi connectivity index (χ4n) is 1.66. The summed E-state index contributed by atoms with van der Waals surface area (Å²) in [6.07, 6.45) is 0. The van der Waals surface area contributed by atoms with Gasteiger partial charge in [0.25, 0.3) is 0 Å². The summed E-state index contributed by atoms with van der Waals surface area (Å²) in [7, 11) is 1.56. The molecule has 0 aliphatic carbocycles. The van der Waals surface area contributed by atoms with Gasteiger partial charge in [-0.2, -0.15) is 0 Å². The molecule has 5 heteroatoms. The number of hydrogen-bond donors (Lipinski definition) is 2. The van der Waals surface area contributed by atoms with E-state index in [9.17, 15) is 4.79 Å². The molecule has 0 heterocycles. The lowest BCUT2D eigenvalue weighted by Gasteiger charge is -2.18. The maximum absolute atomic E-state index is 11.1. The first-order valence-electron chi connectivity index (χ1n) is 6.20. The highest BCUT2D eigenvalue weighted by Gasteiger charge is 2.19. The maximum Gasteiger partial charge on any atom is 0.324 e. The molecule has 0 aliphatic heterocycles. The standard InChI is InChI=1S/C14H21NO4/c1-9(2)15-11(14(16)17)8-19-12-6-5-10(3)7-13(12)18-4/h5-7,9,11,15H,8H2,1-4H3,(H,16,17). The Bertz CT molecular complexity index is 431. The molecule has 0 saturated carbocycles. The van der Waals surface area contributed by atoms with Gasteiger partial charge in [0.15, 0.2) is 11.5 Å². The smallest absolute Gasteiger partial charge is 0.324 e. The molecular formula is C14H21NO4. The quantitative estimate of drug-likeness (QED) is 0.789. The van der Waals surface area contributed by atoms with Gasteiger partial charge in [-0.1, -0.05) is 19.9 Å². The van der Waals surface area contributed by atoms with Gasteiger partial charge in [-0.25, -0.2) is 0 Å². The summed E-state index contributed by atoms with van der Waals surface area (Å²) in [5.41, 5.74) is 1.05. The number of carboxylic acid groups (broad SMARTS) is 1. The predicted molar refractivity (Wildman–Crippen MR) is 72.9 cm³/mol. The van der Waals surface area contributed by atoms with Crippen molar-refractivity contribution in [3.8, 4) is 11.5 Å². The van der Waals surface area contributed by atoms with Crippen LogP contribution in [0.2, 0.25) is 0 Å². The highest BCUT2D eigenvalue weighted by Crippen LogP contribution is 2.27. The summed E-state index contributed by atoms with van der Waals surface area (Å²) in [5, 5.41) is 12.0. The largest absolute Gasteiger partial charge is 0.493 e. The molecule has 1 unspecified atom stereocenters. The van der Waals surface area contributed by atoms with Crippen LogP contribution in [0.5, 0.6) is 11.5 Å². The molecule has 1 aromatic carbocycles. The van der Waals surface area contributed by atoms with Gasteiger partial charge in [0.2, 0.25) is 0 Å². The Hall–Kier alpha value is -1.75. The summed E-state index contributed by atoms with van der Waals surface area (Å²) >= 11 is 0. The van der Waals surface area contributed by atoms with Crippen LogP contribution in [0, 0.1) is 6.92 Å². The molecule has 0 radical (unpaired) electrons. The molecule has 0 amide bonds. The van der Waals surface area contributed by atoms with Crippen LogP contribution < -0.4 is 14.8 Å². The zero-order valence-electron chi connectivity index (χ0n) is 11.8. The summed E-state index contributed by atoms with van der Waals surface area (Å²) in [6, 6.07) is 4.85. The van der Waals surface area contributed by atoms with E-state index >= 15 is 0 Å². The van der Waals surface area contributed by atoms with Crippen molar-refractivity contribution in [1.29, 1.82) is 0 Å². The molecular weight excluding hydrogens is 246 g/mol. The molecule has 1 rings (SSSR count). The Morgan fingerprint density at radius 2 is 2.05 bits per heavy atom. The molecule has 0 saturated heterocycles. The zero-order valence-corrected chi connectivity index (χ0v) is 11.8. The summed E-state index contributed by atoms with van der Waals surface area (Å²) in [4.78, 5) is 11.1. The van der Waals surface area contributed by atoms with E-state index in [2.05, 4.69) is 5.32 Å². The molecule has 0 spiro atoms. The first-order chi connectivity index (χ1) is 8.93. The van der Waals surface area contributed by atoms with Gasteiger partial charge in [0, 0.05) is 6.04 Å². The van der Waals surface area contributed by atoms with Crippen molar-refractivity contribution in [3.63, 3.8) is 0 Å². The number of aliphatic carboxylic acids is 1. The fraction of sp³-hybridized carbons (Fsp3) is 0.500. The normalized spacial score (nSPS) is 12.3. The molecule has 0 bridgehead atoms. The third-order valence-corrected chi connectivity index (χ3v) is 2.56. The number of nitrogens with one attached hydrogen (secondary N) is 1. The summed E-state index contributed by atoms with van der Waals surface area (Å²) in [5.74, 6) is 0.221. The first-order valence-corrected chi connectivity index (χ1v) is 6.20. The van der Waals surface area contributed by atoms with Crippen molar-refractivity contribution in [3.05, 3.63) is 23.8 Å². The Morgan fingerprint density at radius 1 is 1.37 bits per heavy atom. The average molecular weight is 267 g/mol. The molecule has 106 valence electrons. The van der Waals surface area contributed by atoms with Crippen LogP contribution in [-0.2, 0) is 4.79 Å². The van der Waals surface area contributed by atoms with Gasteiger partial charge >= 0.3 is 5.97 Å². The van der Waals surface area contributed by atoms with Crippen molar-refractivity contribution >= 4 is 5.97 Å². The minimum absolute atomic E-state index is 0.0485. The van der Waals surface area contributed by atoms with E-state index in [-0.39, 0.29) is 12.6 Å². The third-order valence-electron chi connectivity index (χ3n) is 2.56. The third kappa shape index (κ3) is 4.79. The SMILES string of the molecule is COc1cc(C)ccc1OCC(NC(C)C)C(=O)O. The monoisotopic (exact) mass is 267 g/mol. The Morgan fingerprint density at radius 3 is 2.58 bits per heavy atom. The minimum Gasteiger partial charge on any atom is -0.493 e. The number of benzene rings is 1. The van der Waals surface area contributed by atoms with Crippen molar-refractivity contribution < 1.29 is 19.4 Å². The second-order valence-electron chi connectivity index (χ2n) is 4.68. The van der Waals surface area contributed by atoms with Gasteiger partial charge in [-0.3, -0.25) is 10.1 Å². The first kappa shape index (κ1) is 15.3. The van der Waals surface area contributed by atoms with E-state index in [0.29, 0.717) is 11.5 Å². The topological polar surface area (TPSA) is 67.8 Å². The zero-order chi connectivity index (χ0) is 14.4. The highest BCUT2D eigenvalue weighted by atomic mass is 16.5. The Balaban J connectivity index is 2.71. The van der Waals surface area contributed by atoms with Gasteiger partial charge in [0.05, 0.1) is 7.11 Å². The van der Waals surface area contributed by atoms with Crippen molar-refractivity contribution in [2.24, 2.45) is 0 Å². The number of ether oxygens (including phenoxy) is 2. The highest BCUT2D eigenvalue weighted by molar-refractivity contribution is 5.73. The van der Waals surface area contributed by atoms with E-state index in [0.717, 1.165) is 5.56 Å². The number of methoxy groups -OCH3 is 1. The van der Waals surface area contributed by atoms with E-state index in [4.69, 9.17) is 14.6 Å². The van der Waals surface area contributed by atoms with Crippen LogP contribution in [0.15, 0.2) is 18.2 Å². The van der Waals surface area contributed by atoms with Gasteiger partial charge in [-0.15, -0.1) is 0 Å². The van der Waals surface area contributed by atoms with Crippen molar-refractivity contribution in [1.82, 2.24) is 5.32 Å². The lowest BCUT2D eigenvalue weighted by Crippen LogP contribution is -2.44. The molecule has 5 nitrogen and oxygen atoms in total. The van der Waals surface area contributed by atoms with E-state index in [1.54, 1.807) is 13.2 Å². The van der Waals surface area contributed by atoms with Crippen LogP contribution in [0.4, 0.5) is 0 Å². The van der Waals surface area contributed by atoms with Crippen LogP contribution in [0.25, 0.3) is 0 Å². The van der Waals surface area contributed by atoms with E-state index in [1.165, 1.54) is 0 Å². The van der Waals surface area contributed by atoms with E-state index in [1.807, 2.05) is 32.9 Å². The maximum atomic E-state index is 11.1. The number of carboxylic acids is 1. The number of rotatable bonds is 7. The molecule has 19 heavy (non-hydrogen) atoms. The van der Waals surface area contributed by atoms with E-state index < -0.39 is 12.0 Å². The molecule has 1 atom stereocenters. The number of carbonyl (C=O) groups is 1. The second-order valence-corrected chi connectivity index (χ2v) is 4.68. The Kier molecular flexibility index (Phi) is 5.63. The van der Waals surface area contributed by atoms with Crippen molar-refractivity contribution in [2.75, 3.05) is 13.7 Å². The van der Waals surface area contributed by atoms with Crippen LogP contribution >= 0.6 is 0 Å². The predicted octanol–water partition coefficient (Wildman–Crippen LogP) is 1.83. The van der Waals surface area contributed by atoms with Crippen molar-refractivity contribution in [2.45, 2.75) is 32.9 Å². The molecule has 0 fully saturated rings. The Labute approximate surface area is 113 Å². The van der Waals surface area contributed by atoms with Gasteiger partial charge in [-0.05, 0) is 24.6 Å². The number of aryl methyl sites for hydroxylation is 1. The lowest BCUT2D eigenvalue weighted by molar-refractivity contribution is -0.140. The molecule has 0 aromatic heterocycles. The number of hydrogen-bond acceptors (Lipinski definition) is 4. The molecule has 2 N–H and O–H groups in total. The molecule has 0 aliphatic rings. The molecule has 1 aromatic rings. The van der Waals surface area contributed by atoms with Crippen LogP contribution in [0.1, 0.15) is 19.4 Å². The average Bonchev–Trinajstić information content (AvgIpc) is 2.34. The van der Waals surface area contributed by atoms with Gasteiger partial charge < -0.3 is 14.6 Å².